The zero-order valence-electron chi connectivity index (χ0n) is 15.0. The maximum Gasteiger partial charge on any atom is 0.339 e. The molecule has 2 aliphatic rings. The van der Waals surface area contributed by atoms with E-state index in [1.165, 1.54) is 23.1 Å². The van der Waals surface area contributed by atoms with Gasteiger partial charge in [-0.3, -0.25) is 14.0 Å². The number of alkyl halides is 2. The topological polar surface area (TPSA) is 64.4 Å². The number of halogens is 2. The van der Waals surface area contributed by atoms with Gasteiger partial charge in [0.15, 0.2) is 5.78 Å². The highest BCUT2D eigenvalue weighted by atomic mass is 32.1. The van der Waals surface area contributed by atoms with Crippen LogP contribution in [-0.4, -0.2) is 16.1 Å². The van der Waals surface area contributed by atoms with Crippen LogP contribution in [0.4, 0.5) is 19.3 Å². The van der Waals surface area contributed by atoms with Crippen molar-refractivity contribution in [1.82, 2.24) is 4.31 Å². The Kier molecular flexibility index (Phi) is 4.84. The number of rotatable bonds is 3. The van der Waals surface area contributed by atoms with E-state index in [1.807, 2.05) is 6.07 Å². The number of benzene rings is 2. The Bertz CT molecular complexity index is 1080. The van der Waals surface area contributed by atoms with Gasteiger partial charge in [0.05, 0.1) is 17.3 Å². The lowest BCUT2D eigenvalue weighted by atomic mass is 9.94. The zero-order valence-corrected chi connectivity index (χ0v) is 15.9. The second kappa shape index (κ2) is 7.33. The van der Waals surface area contributed by atoms with E-state index in [4.69, 9.17) is 5.26 Å². The van der Waals surface area contributed by atoms with Gasteiger partial charge < -0.3 is 0 Å². The van der Waals surface area contributed by atoms with Gasteiger partial charge in [0.25, 0.3) is 6.43 Å². The number of carbonyl (C=O) groups excluding carboxylic acids is 2. The Labute approximate surface area is 171 Å². The molecule has 2 aromatic carbocycles. The lowest BCUT2D eigenvalue weighted by Gasteiger charge is -2.39. The zero-order chi connectivity index (χ0) is 20.7. The molecule has 1 heterocycles. The van der Waals surface area contributed by atoms with Crippen LogP contribution in [0.1, 0.15) is 42.0 Å². The van der Waals surface area contributed by atoms with Crippen molar-refractivity contribution in [3.8, 4) is 6.07 Å². The summed E-state index contributed by atoms with van der Waals surface area (Å²) in [5.41, 5.74) is 2.10. The van der Waals surface area contributed by atoms with Crippen molar-refractivity contribution in [2.45, 2.75) is 25.3 Å². The average Bonchev–Trinajstić information content (AvgIpc) is 3.10. The molecule has 29 heavy (non-hydrogen) atoms. The number of nitrogens with zero attached hydrogens (tertiary/aromatic N) is 3. The fraction of sp³-hybridized carbons (Fsp3) is 0.190. The number of hydrogen-bond donors (Lipinski definition) is 1. The smallest absolute Gasteiger partial charge is 0.294 e. The molecule has 2 aromatic rings. The second-order valence-corrected chi connectivity index (χ2v) is 7.21. The molecule has 0 aromatic heterocycles. The number of Topliss-reactive ketones (excluding diaryl/α,β-unsaturated/α-hetero) is 1. The number of hydrogen-bond acceptors (Lipinski definition) is 4. The van der Waals surface area contributed by atoms with Gasteiger partial charge in [-0.15, -0.1) is 0 Å². The summed E-state index contributed by atoms with van der Waals surface area (Å²) < 4.78 is 27.4. The van der Waals surface area contributed by atoms with Crippen LogP contribution in [-0.2, 0) is 4.79 Å². The number of nitriles is 1. The minimum Gasteiger partial charge on any atom is -0.294 e. The fourth-order valence-corrected chi connectivity index (χ4v) is 4.11. The lowest BCUT2D eigenvalue weighted by Crippen LogP contribution is -2.45. The molecule has 2 amide bonds. The van der Waals surface area contributed by atoms with Gasteiger partial charge in [0.1, 0.15) is 6.04 Å². The van der Waals surface area contributed by atoms with Gasteiger partial charge in [0, 0.05) is 23.3 Å². The van der Waals surface area contributed by atoms with E-state index < -0.39 is 18.5 Å². The molecule has 146 valence electrons. The number of urea groups is 1. The van der Waals surface area contributed by atoms with E-state index in [9.17, 15) is 18.4 Å². The lowest BCUT2D eigenvalue weighted by molar-refractivity contribution is -0.115. The van der Waals surface area contributed by atoms with Gasteiger partial charge in [-0.1, -0.05) is 37.1 Å². The molecular formula is C21H15F2N3O2S. The van der Waals surface area contributed by atoms with Crippen LogP contribution in [0.2, 0.25) is 0 Å². The summed E-state index contributed by atoms with van der Waals surface area (Å²) >= 11 is 4.35. The largest absolute Gasteiger partial charge is 0.339 e. The fourth-order valence-electron chi connectivity index (χ4n) is 3.77. The van der Waals surface area contributed by atoms with Crippen molar-refractivity contribution in [3.05, 3.63) is 76.5 Å². The molecule has 0 radical (unpaired) electrons. The van der Waals surface area contributed by atoms with Crippen LogP contribution in [0.5, 0.6) is 0 Å². The van der Waals surface area contributed by atoms with Crippen LogP contribution in [0.3, 0.4) is 0 Å². The molecule has 1 atom stereocenters. The molecule has 5 nitrogen and oxygen atoms in total. The van der Waals surface area contributed by atoms with Crippen molar-refractivity contribution >= 4 is 30.3 Å². The molecule has 8 heteroatoms. The van der Waals surface area contributed by atoms with Crippen molar-refractivity contribution in [1.29, 1.82) is 5.26 Å². The van der Waals surface area contributed by atoms with Crippen LogP contribution in [0.15, 0.2) is 59.8 Å². The van der Waals surface area contributed by atoms with Gasteiger partial charge in [-0.25, -0.2) is 13.6 Å². The first-order chi connectivity index (χ1) is 13.9. The van der Waals surface area contributed by atoms with Gasteiger partial charge in [-0.2, -0.15) is 5.26 Å². The Morgan fingerprint density at radius 1 is 1.10 bits per heavy atom. The summed E-state index contributed by atoms with van der Waals surface area (Å²) in [4.78, 5) is 27.1. The number of allylic oxidation sites excluding steroid dienone is 1. The van der Waals surface area contributed by atoms with E-state index in [1.54, 1.807) is 30.3 Å². The summed E-state index contributed by atoms with van der Waals surface area (Å²) in [6.45, 7) is 0. The van der Waals surface area contributed by atoms with Gasteiger partial charge in [0.2, 0.25) is 0 Å². The predicted octanol–water partition coefficient (Wildman–Crippen LogP) is 4.94. The number of thiol groups is 1. The van der Waals surface area contributed by atoms with Gasteiger partial charge >= 0.3 is 6.03 Å². The number of anilines is 1. The first-order valence-electron chi connectivity index (χ1n) is 8.89. The van der Waals surface area contributed by atoms with E-state index >= 15 is 0 Å². The second-order valence-electron chi connectivity index (χ2n) is 6.78. The van der Waals surface area contributed by atoms with E-state index in [0.717, 1.165) is 4.31 Å². The van der Waals surface area contributed by atoms with E-state index in [-0.39, 0.29) is 23.5 Å². The molecule has 4 rings (SSSR count). The maximum absolute atomic E-state index is 13.2. The van der Waals surface area contributed by atoms with Crippen molar-refractivity contribution in [3.63, 3.8) is 0 Å². The SMILES string of the molecule is N#Cc1ccc(C2C3=C(CCC3=O)N(c3cccc(C(F)F)c3)C(=O)N2S)cc1. The number of amides is 2. The highest BCUT2D eigenvalue weighted by Gasteiger charge is 2.45. The minimum absolute atomic E-state index is 0.115. The van der Waals surface area contributed by atoms with Crippen molar-refractivity contribution in [2.24, 2.45) is 0 Å². The minimum atomic E-state index is -2.67. The molecule has 1 aliphatic carbocycles. The van der Waals surface area contributed by atoms with E-state index in [2.05, 4.69) is 12.8 Å². The van der Waals surface area contributed by atoms with Crippen LogP contribution < -0.4 is 4.90 Å². The summed E-state index contributed by atoms with van der Waals surface area (Å²) in [5.74, 6) is -0.115. The molecule has 1 aliphatic heterocycles. The Hall–Kier alpha value is -3.18. The number of ketones is 1. The number of carbonyl (C=O) groups is 2. The highest BCUT2D eigenvalue weighted by molar-refractivity contribution is 7.78. The monoisotopic (exact) mass is 411 g/mol. The Morgan fingerprint density at radius 2 is 1.83 bits per heavy atom. The molecule has 0 bridgehead atoms. The summed E-state index contributed by atoms with van der Waals surface area (Å²) in [5, 5.41) is 8.99. The molecule has 0 saturated carbocycles. The first-order valence-corrected chi connectivity index (χ1v) is 9.29. The molecule has 0 spiro atoms. The third kappa shape index (κ3) is 3.17. The first kappa shape index (κ1) is 19.2. The molecule has 1 unspecified atom stereocenters. The molecule has 0 fully saturated rings. The molecule has 0 N–H and O–H groups in total. The quantitative estimate of drug-likeness (QED) is 0.728. The van der Waals surface area contributed by atoms with E-state index in [0.29, 0.717) is 28.8 Å². The summed E-state index contributed by atoms with van der Waals surface area (Å²) in [6.07, 6.45) is -2.10. The maximum atomic E-state index is 13.2. The predicted molar refractivity (Wildman–Crippen MR) is 105 cm³/mol. The van der Waals surface area contributed by atoms with Crippen molar-refractivity contribution < 1.29 is 18.4 Å². The molecular weight excluding hydrogens is 396 g/mol. The highest BCUT2D eigenvalue weighted by Crippen LogP contribution is 2.45. The third-order valence-corrected chi connectivity index (χ3v) is 5.51. The van der Waals surface area contributed by atoms with Gasteiger partial charge in [-0.05, 0) is 36.2 Å². The van der Waals surface area contributed by atoms with Crippen LogP contribution in [0.25, 0.3) is 0 Å². The van der Waals surface area contributed by atoms with Crippen LogP contribution in [0, 0.1) is 11.3 Å². The normalized spacial score (nSPS) is 19.1. The summed E-state index contributed by atoms with van der Waals surface area (Å²) in [7, 11) is 0. The van der Waals surface area contributed by atoms with Crippen molar-refractivity contribution in [2.75, 3.05) is 4.90 Å². The standard InChI is InChI=1S/C21H15F2N3O2S/c22-20(23)14-2-1-3-15(10-14)25-16-8-9-17(27)18(16)19(26(29)21(25)28)13-6-4-12(11-24)5-7-13/h1-7,10,19-20,29H,8-9H2. The Balaban J connectivity index is 1.85. The summed E-state index contributed by atoms with van der Waals surface area (Å²) in [6, 6.07) is 12.9. The van der Waals surface area contributed by atoms with Crippen LogP contribution >= 0.6 is 12.8 Å². The molecule has 0 saturated heterocycles. The average molecular weight is 411 g/mol. The Morgan fingerprint density at radius 3 is 2.48 bits per heavy atom. The third-order valence-electron chi connectivity index (χ3n) is 5.11.